The smallest absolute Gasteiger partial charge is 0.276 e. The first-order chi connectivity index (χ1) is 10.3. The van der Waals surface area contributed by atoms with Crippen molar-refractivity contribution in [2.24, 2.45) is 0 Å². The molecule has 3 rings (SSSR count). The van der Waals surface area contributed by atoms with Gasteiger partial charge in [0.1, 0.15) is 0 Å². The Morgan fingerprint density at radius 3 is 2.81 bits per heavy atom. The summed E-state index contributed by atoms with van der Waals surface area (Å²) in [6.07, 6.45) is 4.54. The summed E-state index contributed by atoms with van der Waals surface area (Å²) in [5.74, 6) is 1.31. The largest absolute Gasteiger partial charge is 0.411 e. The minimum Gasteiger partial charge on any atom is -0.411 e. The lowest BCUT2D eigenvalue weighted by Gasteiger charge is -1.98. The van der Waals surface area contributed by atoms with Crippen LogP contribution < -0.4 is 0 Å². The van der Waals surface area contributed by atoms with Gasteiger partial charge < -0.3 is 4.42 Å². The first-order valence-corrected chi connectivity index (χ1v) is 7.79. The second kappa shape index (κ2) is 6.74. The van der Waals surface area contributed by atoms with Crippen molar-refractivity contribution >= 4 is 23.4 Å². The number of hydrogen-bond donors (Lipinski definition) is 0. The highest BCUT2D eigenvalue weighted by Gasteiger charge is 2.11. The lowest BCUT2D eigenvalue weighted by molar-refractivity contribution is 0.466. The maximum atomic E-state index is 6.11. The van der Waals surface area contributed by atoms with E-state index in [1.807, 2.05) is 30.5 Å². The molecule has 0 aliphatic rings. The van der Waals surface area contributed by atoms with E-state index in [-0.39, 0.29) is 0 Å². The van der Waals surface area contributed by atoms with Crippen LogP contribution in [0.4, 0.5) is 0 Å². The molecule has 21 heavy (non-hydrogen) atoms. The van der Waals surface area contributed by atoms with Crippen LogP contribution in [0.25, 0.3) is 11.5 Å². The molecule has 0 unspecified atom stereocenters. The fourth-order valence-corrected chi connectivity index (χ4v) is 2.78. The minimum atomic E-state index is 0.449. The van der Waals surface area contributed by atoms with E-state index in [0.717, 1.165) is 17.7 Å². The van der Waals surface area contributed by atoms with Crippen LogP contribution in [-0.4, -0.2) is 20.9 Å². The van der Waals surface area contributed by atoms with Gasteiger partial charge in [-0.25, -0.2) is 0 Å². The van der Waals surface area contributed by atoms with E-state index >= 15 is 0 Å². The van der Waals surface area contributed by atoms with Crippen LogP contribution in [0.1, 0.15) is 5.56 Å². The van der Waals surface area contributed by atoms with Gasteiger partial charge >= 0.3 is 0 Å². The Balaban J connectivity index is 1.62. The van der Waals surface area contributed by atoms with Crippen molar-refractivity contribution in [2.45, 2.75) is 11.6 Å². The molecule has 0 spiro atoms. The highest BCUT2D eigenvalue weighted by molar-refractivity contribution is 7.99. The number of rotatable bonds is 5. The summed E-state index contributed by atoms with van der Waals surface area (Å²) in [5.41, 5.74) is 1.95. The molecular weight excluding hydrogens is 306 g/mol. The van der Waals surface area contributed by atoms with E-state index in [1.54, 1.807) is 12.3 Å². The van der Waals surface area contributed by atoms with Crippen LogP contribution in [0.5, 0.6) is 0 Å². The van der Waals surface area contributed by atoms with Gasteiger partial charge in [-0.15, -0.1) is 10.2 Å². The monoisotopic (exact) mass is 317 g/mol. The number of thioether (sulfide) groups is 1. The van der Waals surface area contributed by atoms with Crippen molar-refractivity contribution in [1.29, 1.82) is 0 Å². The van der Waals surface area contributed by atoms with Crippen molar-refractivity contribution in [3.05, 3.63) is 59.4 Å². The molecule has 6 heteroatoms. The van der Waals surface area contributed by atoms with Gasteiger partial charge in [0, 0.05) is 18.1 Å². The molecule has 0 aliphatic carbocycles. The van der Waals surface area contributed by atoms with E-state index < -0.39 is 0 Å². The Labute approximate surface area is 131 Å². The molecule has 0 radical (unpaired) electrons. The van der Waals surface area contributed by atoms with Crippen LogP contribution in [0, 0.1) is 0 Å². The minimum absolute atomic E-state index is 0.449. The average Bonchev–Trinajstić information content (AvgIpc) is 2.97. The maximum absolute atomic E-state index is 6.11. The molecule has 2 aromatic heterocycles. The summed E-state index contributed by atoms with van der Waals surface area (Å²) in [7, 11) is 0. The molecule has 4 nitrogen and oxygen atoms in total. The Hall–Kier alpha value is -1.85. The van der Waals surface area contributed by atoms with Crippen molar-refractivity contribution in [2.75, 3.05) is 5.75 Å². The molecule has 0 saturated heterocycles. The summed E-state index contributed by atoms with van der Waals surface area (Å²) in [5, 5.41) is 9.23. The van der Waals surface area contributed by atoms with Crippen LogP contribution in [0.3, 0.4) is 0 Å². The Kier molecular flexibility index (Phi) is 4.52. The van der Waals surface area contributed by atoms with Gasteiger partial charge in [-0.1, -0.05) is 41.6 Å². The van der Waals surface area contributed by atoms with Crippen LogP contribution in [-0.2, 0) is 6.42 Å². The molecule has 0 fully saturated rings. The van der Waals surface area contributed by atoms with Gasteiger partial charge in [-0.05, 0) is 30.2 Å². The SMILES string of the molecule is Clc1ccccc1-c1nnc(SCCc2cccnc2)o1. The lowest BCUT2D eigenvalue weighted by Crippen LogP contribution is -1.88. The van der Waals surface area contributed by atoms with Crippen LogP contribution in [0.15, 0.2) is 58.4 Å². The third-order valence-electron chi connectivity index (χ3n) is 2.85. The molecule has 106 valence electrons. The fourth-order valence-electron chi connectivity index (χ4n) is 1.81. The molecule has 0 aliphatic heterocycles. The number of pyridine rings is 1. The van der Waals surface area contributed by atoms with Crippen molar-refractivity contribution in [1.82, 2.24) is 15.2 Å². The number of hydrogen-bond acceptors (Lipinski definition) is 5. The topological polar surface area (TPSA) is 51.8 Å². The first kappa shape index (κ1) is 14.1. The van der Waals surface area contributed by atoms with Crippen molar-refractivity contribution in [3.63, 3.8) is 0 Å². The predicted octanol–water partition coefficient (Wildman–Crippen LogP) is 4.12. The number of benzene rings is 1. The molecule has 0 atom stereocenters. The van der Waals surface area contributed by atoms with E-state index in [2.05, 4.69) is 21.2 Å². The summed E-state index contributed by atoms with van der Waals surface area (Å²) in [6.45, 7) is 0. The van der Waals surface area contributed by atoms with E-state index in [4.69, 9.17) is 16.0 Å². The predicted molar refractivity (Wildman–Crippen MR) is 83.4 cm³/mol. The molecule has 0 bridgehead atoms. The normalized spacial score (nSPS) is 10.7. The van der Waals surface area contributed by atoms with Gasteiger partial charge in [-0.2, -0.15) is 0 Å². The first-order valence-electron chi connectivity index (χ1n) is 6.43. The molecule has 0 N–H and O–H groups in total. The number of halogens is 1. The number of aromatic nitrogens is 3. The van der Waals surface area contributed by atoms with E-state index in [1.165, 1.54) is 17.3 Å². The summed E-state index contributed by atoms with van der Waals surface area (Å²) in [4.78, 5) is 4.09. The Morgan fingerprint density at radius 1 is 1.10 bits per heavy atom. The zero-order valence-electron chi connectivity index (χ0n) is 11.1. The van der Waals surface area contributed by atoms with Gasteiger partial charge in [0.2, 0.25) is 5.89 Å². The highest BCUT2D eigenvalue weighted by Crippen LogP contribution is 2.28. The standard InChI is InChI=1S/C15H12ClN3OS/c16-13-6-2-1-5-12(13)14-18-19-15(20-14)21-9-7-11-4-3-8-17-10-11/h1-6,8,10H,7,9H2. The molecule has 1 aromatic carbocycles. The second-order valence-corrected chi connectivity index (χ2v) is 5.77. The zero-order valence-corrected chi connectivity index (χ0v) is 12.6. The van der Waals surface area contributed by atoms with Gasteiger partial charge in [0.25, 0.3) is 5.22 Å². The van der Waals surface area contributed by atoms with Crippen LogP contribution in [0.2, 0.25) is 5.02 Å². The van der Waals surface area contributed by atoms with Crippen molar-refractivity contribution < 1.29 is 4.42 Å². The summed E-state index contributed by atoms with van der Waals surface area (Å²) >= 11 is 7.64. The lowest BCUT2D eigenvalue weighted by atomic mass is 10.2. The molecule has 2 heterocycles. The highest BCUT2D eigenvalue weighted by atomic mass is 35.5. The number of nitrogens with zero attached hydrogens (tertiary/aromatic N) is 3. The molecule has 3 aromatic rings. The third-order valence-corrected chi connectivity index (χ3v) is 4.00. The van der Waals surface area contributed by atoms with Gasteiger partial charge in [-0.3, -0.25) is 4.98 Å². The Bertz CT molecular complexity index is 718. The summed E-state index contributed by atoms with van der Waals surface area (Å²) in [6, 6.07) is 11.4. The van der Waals surface area contributed by atoms with Crippen LogP contribution >= 0.6 is 23.4 Å². The van der Waals surface area contributed by atoms with E-state index in [9.17, 15) is 0 Å². The molecule has 0 amide bonds. The zero-order chi connectivity index (χ0) is 14.5. The fraction of sp³-hybridized carbons (Fsp3) is 0.133. The maximum Gasteiger partial charge on any atom is 0.276 e. The average molecular weight is 318 g/mol. The Morgan fingerprint density at radius 2 is 2.00 bits per heavy atom. The van der Waals surface area contributed by atoms with Gasteiger partial charge in [0.05, 0.1) is 10.6 Å². The quantitative estimate of drug-likeness (QED) is 0.662. The molecule has 0 saturated carbocycles. The second-order valence-electron chi connectivity index (χ2n) is 4.31. The third kappa shape index (κ3) is 3.62. The van der Waals surface area contributed by atoms with Crippen molar-refractivity contribution in [3.8, 4) is 11.5 Å². The van der Waals surface area contributed by atoms with Gasteiger partial charge in [0.15, 0.2) is 0 Å². The number of aryl methyl sites for hydroxylation is 1. The van der Waals surface area contributed by atoms with E-state index in [0.29, 0.717) is 16.1 Å². The molecular formula is C15H12ClN3OS. The summed E-state index contributed by atoms with van der Waals surface area (Å²) < 4.78 is 5.63.